The maximum absolute atomic E-state index is 11.1. The molecule has 0 radical (unpaired) electrons. The number of carbonyl (C=O) groups excluding carboxylic acids is 1. The van der Waals surface area contributed by atoms with Crippen molar-refractivity contribution in [1.29, 1.82) is 0 Å². The van der Waals surface area contributed by atoms with Crippen molar-refractivity contribution in [1.82, 2.24) is 0 Å². The monoisotopic (exact) mass is 208 g/mol. The van der Waals surface area contributed by atoms with Gasteiger partial charge in [-0.15, -0.1) is 0 Å². The van der Waals surface area contributed by atoms with Crippen LogP contribution in [0.4, 0.5) is 0 Å². The molecule has 0 aromatic heterocycles. The fourth-order valence-electron chi connectivity index (χ4n) is 1.37. The van der Waals surface area contributed by atoms with Crippen molar-refractivity contribution in [3.63, 3.8) is 0 Å². The summed E-state index contributed by atoms with van der Waals surface area (Å²) in [5.41, 5.74) is 13.2. The molecule has 1 aromatic carbocycles. The Bertz CT molecular complexity index is 339. The minimum Gasteiger partial charge on any atom is -0.468 e. The lowest BCUT2D eigenvalue weighted by Crippen LogP contribution is -2.33. The van der Waals surface area contributed by atoms with Gasteiger partial charge in [-0.1, -0.05) is 24.3 Å². The van der Waals surface area contributed by atoms with Gasteiger partial charge in [-0.05, 0) is 17.5 Å². The molecule has 1 rings (SSSR count). The van der Waals surface area contributed by atoms with Gasteiger partial charge >= 0.3 is 5.97 Å². The summed E-state index contributed by atoms with van der Waals surface area (Å²) in [6, 6.07) is 7.10. The molecule has 0 unspecified atom stereocenters. The molecule has 82 valence electrons. The van der Waals surface area contributed by atoms with Gasteiger partial charge in [0.25, 0.3) is 0 Å². The maximum atomic E-state index is 11.1. The molecule has 0 aliphatic heterocycles. The van der Waals surface area contributed by atoms with Crippen molar-refractivity contribution in [3.05, 3.63) is 35.4 Å². The fraction of sp³-hybridized carbons (Fsp3) is 0.364. The van der Waals surface area contributed by atoms with Crippen LogP contribution in [0.5, 0.6) is 0 Å². The van der Waals surface area contributed by atoms with Crippen LogP contribution in [0.3, 0.4) is 0 Å². The molecule has 0 aliphatic rings. The quantitative estimate of drug-likeness (QED) is 0.692. The molecular weight excluding hydrogens is 192 g/mol. The molecule has 0 saturated carbocycles. The fourth-order valence-corrected chi connectivity index (χ4v) is 1.37. The highest BCUT2D eigenvalue weighted by molar-refractivity contribution is 5.75. The van der Waals surface area contributed by atoms with E-state index in [0.29, 0.717) is 13.0 Å². The lowest BCUT2D eigenvalue weighted by Gasteiger charge is -2.09. The van der Waals surface area contributed by atoms with Crippen LogP contribution in [0.1, 0.15) is 11.1 Å². The Labute approximate surface area is 89.2 Å². The van der Waals surface area contributed by atoms with Crippen LogP contribution in [0.25, 0.3) is 0 Å². The predicted octanol–water partition coefficient (Wildman–Crippen LogP) is 0.188. The number of hydrogen-bond donors (Lipinski definition) is 2. The van der Waals surface area contributed by atoms with Gasteiger partial charge in [0.15, 0.2) is 0 Å². The molecule has 0 aliphatic carbocycles. The van der Waals surface area contributed by atoms with Crippen molar-refractivity contribution in [2.75, 3.05) is 7.11 Å². The second kappa shape index (κ2) is 5.48. The molecule has 0 bridgehead atoms. The van der Waals surface area contributed by atoms with E-state index in [1.165, 1.54) is 7.11 Å². The van der Waals surface area contributed by atoms with Crippen molar-refractivity contribution < 1.29 is 9.53 Å². The second-order valence-electron chi connectivity index (χ2n) is 3.36. The van der Waals surface area contributed by atoms with Gasteiger partial charge in [-0.2, -0.15) is 0 Å². The number of ether oxygens (including phenoxy) is 1. The first-order chi connectivity index (χ1) is 7.17. The standard InChI is InChI=1S/C11H16N2O2/c1-15-11(14)10(13)6-8-3-2-4-9(5-8)7-12/h2-5,10H,6-7,12-13H2,1H3/t10-/m0/s1. The van der Waals surface area contributed by atoms with E-state index < -0.39 is 12.0 Å². The van der Waals surface area contributed by atoms with E-state index in [2.05, 4.69) is 4.74 Å². The molecule has 1 atom stereocenters. The topological polar surface area (TPSA) is 78.3 Å². The minimum absolute atomic E-state index is 0.395. The van der Waals surface area contributed by atoms with E-state index in [-0.39, 0.29) is 0 Å². The zero-order chi connectivity index (χ0) is 11.3. The van der Waals surface area contributed by atoms with Gasteiger partial charge in [0.1, 0.15) is 6.04 Å². The van der Waals surface area contributed by atoms with Crippen LogP contribution in [0.15, 0.2) is 24.3 Å². The normalized spacial score (nSPS) is 12.2. The number of hydrogen-bond acceptors (Lipinski definition) is 4. The summed E-state index contributed by atoms with van der Waals surface area (Å²) in [7, 11) is 1.33. The lowest BCUT2D eigenvalue weighted by atomic mass is 10.0. The van der Waals surface area contributed by atoms with Gasteiger partial charge in [0, 0.05) is 6.54 Å². The Balaban J connectivity index is 2.67. The molecule has 0 spiro atoms. The Hall–Kier alpha value is -1.39. The van der Waals surface area contributed by atoms with E-state index in [1.54, 1.807) is 0 Å². The van der Waals surface area contributed by atoms with Gasteiger partial charge in [0.2, 0.25) is 0 Å². The highest BCUT2D eigenvalue weighted by Gasteiger charge is 2.13. The van der Waals surface area contributed by atoms with E-state index >= 15 is 0 Å². The summed E-state index contributed by atoms with van der Waals surface area (Å²) >= 11 is 0. The number of esters is 1. The number of nitrogens with two attached hydrogens (primary N) is 2. The zero-order valence-electron chi connectivity index (χ0n) is 8.77. The van der Waals surface area contributed by atoms with Crippen LogP contribution in [0, 0.1) is 0 Å². The van der Waals surface area contributed by atoms with Crippen molar-refractivity contribution in [2.45, 2.75) is 19.0 Å². The highest BCUT2D eigenvalue weighted by Crippen LogP contribution is 2.07. The highest BCUT2D eigenvalue weighted by atomic mass is 16.5. The maximum Gasteiger partial charge on any atom is 0.322 e. The van der Waals surface area contributed by atoms with Gasteiger partial charge in [-0.3, -0.25) is 4.79 Å². The smallest absolute Gasteiger partial charge is 0.322 e. The van der Waals surface area contributed by atoms with Crippen LogP contribution in [-0.4, -0.2) is 19.1 Å². The van der Waals surface area contributed by atoms with Gasteiger partial charge in [0.05, 0.1) is 7.11 Å². The summed E-state index contributed by atoms with van der Waals surface area (Å²) < 4.78 is 4.55. The minimum atomic E-state index is -0.608. The first kappa shape index (κ1) is 11.7. The van der Waals surface area contributed by atoms with Crippen molar-refractivity contribution in [3.8, 4) is 0 Å². The average Bonchev–Trinajstić information content (AvgIpc) is 2.28. The summed E-state index contributed by atoms with van der Waals surface area (Å²) in [6.07, 6.45) is 0.473. The molecular formula is C11H16N2O2. The molecule has 4 nitrogen and oxygen atoms in total. The van der Waals surface area contributed by atoms with Crippen LogP contribution in [-0.2, 0) is 22.5 Å². The third kappa shape index (κ3) is 3.34. The van der Waals surface area contributed by atoms with Crippen LogP contribution >= 0.6 is 0 Å². The lowest BCUT2D eigenvalue weighted by molar-refractivity contribution is -0.142. The second-order valence-corrected chi connectivity index (χ2v) is 3.36. The molecule has 0 saturated heterocycles. The van der Waals surface area contributed by atoms with Crippen LogP contribution in [0.2, 0.25) is 0 Å². The summed E-state index contributed by atoms with van der Waals surface area (Å²) in [5, 5.41) is 0. The number of rotatable bonds is 4. The molecule has 1 aromatic rings. The van der Waals surface area contributed by atoms with Crippen molar-refractivity contribution in [2.24, 2.45) is 11.5 Å². The molecule has 4 heteroatoms. The van der Waals surface area contributed by atoms with E-state index in [4.69, 9.17) is 11.5 Å². The summed E-state index contributed by atoms with van der Waals surface area (Å²) in [6.45, 7) is 0.487. The van der Waals surface area contributed by atoms with Crippen LogP contribution < -0.4 is 11.5 Å². The molecule has 0 heterocycles. The largest absolute Gasteiger partial charge is 0.468 e. The average molecular weight is 208 g/mol. The van der Waals surface area contributed by atoms with Crippen molar-refractivity contribution >= 4 is 5.97 Å². The predicted molar refractivity (Wildman–Crippen MR) is 58.0 cm³/mol. The molecule has 4 N–H and O–H groups in total. The number of benzene rings is 1. The molecule has 0 fully saturated rings. The third-order valence-corrected chi connectivity index (χ3v) is 2.19. The van der Waals surface area contributed by atoms with Gasteiger partial charge in [-0.25, -0.2) is 0 Å². The first-order valence-corrected chi connectivity index (χ1v) is 4.78. The SMILES string of the molecule is COC(=O)[C@@H](N)Cc1cccc(CN)c1. The van der Waals surface area contributed by atoms with E-state index in [0.717, 1.165) is 11.1 Å². The van der Waals surface area contributed by atoms with E-state index in [9.17, 15) is 4.79 Å². The summed E-state index contributed by atoms with van der Waals surface area (Å²) in [4.78, 5) is 11.1. The zero-order valence-corrected chi connectivity index (χ0v) is 8.77. The van der Waals surface area contributed by atoms with Gasteiger partial charge < -0.3 is 16.2 Å². The molecule has 15 heavy (non-hydrogen) atoms. The third-order valence-electron chi connectivity index (χ3n) is 2.19. The Kier molecular flexibility index (Phi) is 4.27. The molecule has 0 amide bonds. The Morgan fingerprint density at radius 2 is 2.13 bits per heavy atom. The number of carbonyl (C=O) groups is 1. The van der Waals surface area contributed by atoms with E-state index in [1.807, 2.05) is 24.3 Å². The first-order valence-electron chi connectivity index (χ1n) is 4.78. The summed E-state index contributed by atoms with van der Waals surface area (Å²) in [5.74, 6) is -0.395. The number of methoxy groups -OCH3 is 1. The Morgan fingerprint density at radius 3 is 2.73 bits per heavy atom. The Morgan fingerprint density at radius 1 is 1.47 bits per heavy atom.